The van der Waals surface area contributed by atoms with E-state index in [4.69, 9.17) is 4.74 Å². The standard InChI is InChI=1S/C14H16N2O4S/c1-7-5-10(17)16(12(7)18)13-11(14(19)20-2)8-3-4-15-6-9(8)21-13/h7,15H,3-6H2,1-2H3. The number of methoxy groups -OCH3 is 1. The largest absolute Gasteiger partial charge is 0.465 e. The molecule has 1 unspecified atom stereocenters. The Morgan fingerprint density at radius 2 is 2.19 bits per heavy atom. The Morgan fingerprint density at radius 3 is 2.81 bits per heavy atom. The van der Waals surface area contributed by atoms with Crippen LogP contribution in [0.5, 0.6) is 0 Å². The molecule has 6 nitrogen and oxygen atoms in total. The molecule has 3 heterocycles. The smallest absolute Gasteiger partial charge is 0.341 e. The van der Waals surface area contributed by atoms with Gasteiger partial charge in [0.1, 0.15) is 5.00 Å². The van der Waals surface area contributed by atoms with Gasteiger partial charge in [0.2, 0.25) is 11.8 Å². The first-order valence-corrected chi connectivity index (χ1v) is 7.66. The van der Waals surface area contributed by atoms with Crippen molar-refractivity contribution in [3.05, 3.63) is 16.0 Å². The SMILES string of the molecule is COC(=O)c1c(N2C(=O)CC(C)C2=O)sc2c1CCNC2. The minimum absolute atomic E-state index is 0.195. The van der Waals surface area contributed by atoms with Crippen molar-refractivity contribution in [3.63, 3.8) is 0 Å². The number of hydrogen-bond acceptors (Lipinski definition) is 6. The van der Waals surface area contributed by atoms with Crippen LogP contribution in [0.2, 0.25) is 0 Å². The highest BCUT2D eigenvalue weighted by atomic mass is 32.1. The summed E-state index contributed by atoms with van der Waals surface area (Å²) >= 11 is 1.33. The average Bonchev–Trinajstić information content (AvgIpc) is 2.96. The van der Waals surface area contributed by atoms with Crippen LogP contribution in [0, 0.1) is 5.92 Å². The molecule has 112 valence electrons. The van der Waals surface area contributed by atoms with Crippen LogP contribution in [-0.4, -0.2) is 31.4 Å². The minimum Gasteiger partial charge on any atom is -0.465 e. The van der Waals surface area contributed by atoms with Gasteiger partial charge in [0.15, 0.2) is 0 Å². The Balaban J connectivity index is 2.14. The van der Waals surface area contributed by atoms with Crippen molar-refractivity contribution in [2.75, 3.05) is 18.6 Å². The van der Waals surface area contributed by atoms with Crippen molar-refractivity contribution < 1.29 is 19.1 Å². The van der Waals surface area contributed by atoms with Crippen molar-refractivity contribution in [1.82, 2.24) is 5.32 Å². The third kappa shape index (κ3) is 2.16. The highest BCUT2D eigenvalue weighted by Gasteiger charge is 2.41. The summed E-state index contributed by atoms with van der Waals surface area (Å²) in [5.74, 6) is -1.30. The highest BCUT2D eigenvalue weighted by molar-refractivity contribution is 7.17. The molecule has 3 rings (SSSR count). The van der Waals surface area contributed by atoms with Crippen LogP contribution in [0.4, 0.5) is 5.00 Å². The lowest BCUT2D eigenvalue weighted by Gasteiger charge is -2.15. The van der Waals surface area contributed by atoms with E-state index in [0.717, 1.165) is 17.0 Å². The van der Waals surface area contributed by atoms with Gasteiger partial charge in [0, 0.05) is 23.8 Å². The topological polar surface area (TPSA) is 75.7 Å². The molecule has 0 saturated carbocycles. The molecule has 7 heteroatoms. The first kappa shape index (κ1) is 14.2. The predicted molar refractivity (Wildman–Crippen MR) is 77.3 cm³/mol. The van der Waals surface area contributed by atoms with Crippen LogP contribution in [0.15, 0.2) is 0 Å². The van der Waals surface area contributed by atoms with E-state index < -0.39 is 5.97 Å². The number of nitrogens with zero attached hydrogens (tertiary/aromatic N) is 1. The molecule has 1 aromatic rings. The summed E-state index contributed by atoms with van der Waals surface area (Å²) in [4.78, 5) is 38.6. The van der Waals surface area contributed by atoms with Crippen molar-refractivity contribution in [2.45, 2.75) is 26.3 Å². The number of anilines is 1. The van der Waals surface area contributed by atoms with Crippen molar-refractivity contribution in [2.24, 2.45) is 5.92 Å². The molecule has 1 saturated heterocycles. The van der Waals surface area contributed by atoms with Crippen molar-refractivity contribution >= 4 is 34.1 Å². The maximum atomic E-state index is 12.2. The first-order valence-electron chi connectivity index (χ1n) is 6.85. The van der Waals surface area contributed by atoms with E-state index in [2.05, 4.69) is 5.32 Å². The van der Waals surface area contributed by atoms with E-state index in [1.807, 2.05) is 0 Å². The zero-order valence-electron chi connectivity index (χ0n) is 11.9. The number of amides is 2. The maximum Gasteiger partial charge on any atom is 0.341 e. The Hall–Kier alpha value is -1.73. The third-order valence-corrected chi connectivity index (χ3v) is 5.09. The summed E-state index contributed by atoms with van der Waals surface area (Å²) in [6.07, 6.45) is 0.891. The molecular weight excluding hydrogens is 292 g/mol. The van der Waals surface area contributed by atoms with E-state index in [1.165, 1.54) is 23.3 Å². The summed E-state index contributed by atoms with van der Waals surface area (Å²) < 4.78 is 4.86. The summed E-state index contributed by atoms with van der Waals surface area (Å²) in [6.45, 7) is 3.15. The molecule has 0 aliphatic carbocycles. The van der Waals surface area contributed by atoms with Gasteiger partial charge in [-0.3, -0.25) is 9.59 Å². The van der Waals surface area contributed by atoms with Crippen LogP contribution in [0.3, 0.4) is 0 Å². The zero-order valence-corrected chi connectivity index (χ0v) is 12.7. The number of rotatable bonds is 2. The Labute approximate surface area is 126 Å². The summed E-state index contributed by atoms with van der Waals surface area (Å²) in [7, 11) is 1.31. The van der Waals surface area contributed by atoms with E-state index in [1.54, 1.807) is 6.92 Å². The number of esters is 1. The lowest BCUT2D eigenvalue weighted by atomic mass is 10.0. The fourth-order valence-corrected chi connectivity index (χ4v) is 4.11. The molecule has 0 radical (unpaired) electrons. The fourth-order valence-electron chi connectivity index (χ4n) is 2.79. The van der Waals surface area contributed by atoms with Crippen LogP contribution in [-0.2, 0) is 27.3 Å². The number of imide groups is 1. The Morgan fingerprint density at radius 1 is 1.43 bits per heavy atom. The van der Waals surface area contributed by atoms with Gasteiger partial charge in [0.05, 0.1) is 12.7 Å². The van der Waals surface area contributed by atoms with Crippen LogP contribution < -0.4 is 10.2 Å². The van der Waals surface area contributed by atoms with Gasteiger partial charge in [-0.25, -0.2) is 9.69 Å². The third-order valence-electron chi connectivity index (χ3n) is 3.87. The van der Waals surface area contributed by atoms with E-state index in [-0.39, 0.29) is 24.2 Å². The lowest BCUT2D eigenvalue weighted by molar-refractivity contribution is -0.122. The average molecular weight is 308 g/mol. The summed E-state index contributed by atoms with van der Waals surface area (Å²) in [5.41, 5.74) is 1.29. The normalized spacial score (nSPS) is 21.6. The molecule has 0 spiro atoms. The van der Waals surface area contributed by atoms with Gasteiger partial charge in [0.25, 0.3) is 0 Å². The quantitative estimate of drug-likeness (QED) is 0.653. The molecule has 2 aliphatic heterocycles. The molecule has 0 bridgehead atoms. The van der Waals surface area contributed by atoms with Crippen LogP contribution >= 0.6 is 11.3 Å². The molecular formula is C14H16N2O4S. The molecule has 1 fully saturated rings. The van der Waals surface area contributed by atoms with Gasteiger partial charge < -0.3 is 10.1 Å². The predicted octanol–water partition coefficient (Wildman–Crippen LogP) is 1.08. The number of carbonyl (C=O) groups excluding carboxylic acids is 3. The van der Waals surface area contributed by atoms with Crippen LogP contribution in [0.1, 0.15) is 34.1 Å². The molecule has 21 heavy (non-hydrogen) atoms. The highest BCUT2D eigenvalue weighted by Crippen LogP contribution is 2.41. The fraction of sp³-hybridized carbons (Fsp3) is 0.500. The lowest BCUT2D eigenvalue weighted by Crippen LogP contribution is -2.31. The number of nitrogens with one attached hydrogen (secondary N) is 1. The zero-order chi connectivity index (χ0) is 15.1. The Bertz CT molecular complexity index is 637. The van der Waals surface area contributed by atoms with Gasteiger partial charge in [-0.05, 0) is 18.5 Å². The van der Waals surface area contributed by atoms with Gasteiger partial charge in [-0.1, -0.05) is 6.92 Å². The minimum atomic E-state index is -0.482. The molecule has 2 amide bonds. The summed E-state index contributed by atoms with van der Waals surface area (Å²) in [6, 6.07) is 0. The number of fused-ring (bicyclic) bond motifs is 1. The second kappa shape index (κ2) is 5.23. The number of thiophene rings is 1. The van der Waals surface area contributed by atoms with E-state index in [0.29, 0.717) is 23.5 Å². The maximum absolute atomic E-state index is 12.2. The van der Waals surface area contributed by atoms with Gasteiger partial charge in [-0.15, -0.1) is 11.3 Å². The Kier molecular flexibility index (Phi) is 3.54. The molecule has 1 atom stereocenters. The number of carbonyl (C=O) groups is 3. The number of ether oxygens (including phenoxy) is 1. The van der Waals surface area contributed by atoms with Gasteiger partial charge >= 0.3 is 5.97 Å². The monoisotopic (exact) mass is 308 g/mol. The second-order valence-electron chi connectivity index (χ2n) is 5.27. The molecule has 0 aromatic carbocycles. The molecule has 1 N–H and O–H groups in total. The molecule has 1 aromatic heterocycles. The first-order chi connectivity index (χ1) is 10.0. The van der Waals surface area contributed by atoms with E-state index in [9.17, 15) is 14.4 Å². The van der Waals surface area contributed by atoms with Crippen molar-refractivity contribution in [1.29, 1.82) is 0 Å². The van der Waals surface area contributed by atoms with Crippen molar-refractivity contribution in [3.8, 4) is 0 Å². The summed E-state index contributed by atoms with van der Waals surface area (Å²) in [5, 5.41) is 3.66. The number of hydrogen-bond donors (Lipinski definition) is 1. The second-order valence-corrected chi connectivity index (χ2v) is 6.36. The van der Waals surface area contributed by atoms with Gasteiger partial charge in [-0.2, -0.15) is 0 Å². The van der Waals surface area contributed by atoms with E-state index >= 15 is 0 Å². The molecule has 2 aliphatic rings. The van der Waals surface area contributed by atoms with Crippen LogP contribution in [0.25, 0.3) is 0 Å².